The van der Waals surface area contributed by atoms with Crippen LogP contribution in [0.25, 0.3) is 0 Å². The molecule has 0 aromatic heterocycles. The van der Waals surface area contributed by atoms with E-state index in [1.54, 1.807) is 0 Å². The molecule has 0 spiro atoms. The summed E-state index contributed by atoms with van der Waals surface area (Å²) in [6, 6.07) is 27.9. The fourth-order valence-corrected chi connectivity index (χ4v) is 5.12. The van der Waals surface area contributed by atoms with Gasteiger partial charge in [0.15, 0.2) is 0 Å². The zero-order valence-corrected chi connectivity index (χ0v) is 24.7. The second-order valence-corrected chi connectivity index (χ2v) is 10.4. The predicted molar refractivity (Wildman–Crippen MR) is 165 cm³/mol. The van der Waals surface area contributed by atoms with Crippen LogP contribution in [0.15, 0.2) is 107 Å². The molecule has 7 heteroatoms. The zero-order chi connectivity index (χ0) is 29.9. The van der Waals surface area contributed by atoms with Gasteiger partial charge in [0.05, 0.1) is 18.1 Å². The molecule has 1 atom stereocenters. The van der Waals surface area contributed by atoms with E-state index in [-0.39, 0.29) is 18.6 Å². The van der Waals surface area contributed by atoms with E-state index < -0.39 is 11.9 Å². The van der Waals surface area contributed by atoms with Crippen LogP contribution in [-0.2, 0) is 27.4 Å². The minimum atomic E-state index is -0.631. The number of nitrogens with two attached hydrogens (primary N) is 1. The number of esters is 1. The summed E-state index contributed by atoms with van der Waals surface area (Å²) in [5.74, 6) is -0.596. The highest BCUT2D eigenvalue weighted by Crippen LogP contribution is 2.43. The standard InChI is InChI=1S/C34H36N2O4.CH5N/c1-23-30(33(37)36-27-19-20-27)32(28-17-9-10-18-29(28)40-22-26-14-7-4-8-15-26)31(24(2)35-23)34(38)39-21-11-16-25-12-5-3-6-13-25;1-2/h3-10,12-15,17-18,27,32,35H,11,16,19-22H2,1-2H3,(H,36,37);2H2,1H3. The number of nitrogens with one attached hydrogen (secondary N) is 2. The maximum Gasteiger partial charge on any atom is 0.336 e. The molecule has 4 N–H and O–H groups in total. The number of rotatable bonds is 11. The molecular weight excluding hydrogens is 526 g/mol. The van der Waals surface area contributed by atoms with Crippen molar-refractivity contribution in [1.29, 1.82) is 0 Å². The quantitative estimate of drug-likeness (QED) is 0.208. The number of carbonyl (C=O) groups excluding carboxylic acids is 2. The SMILES string of the molecule is CC1=C(C(=O)NC2CC2)C(c2ccccc2OCc2ccccc2)C(C(=O)OCCCc2ccccc2)=C(C)N1.CN. The van der Waals surface area contributed by atoms with Gasteiger partial charge in [0.25, 0.3) is 0 Å². The monoisotopic (exact) mass is 567 g/mol. The molecule has 0 radical (unpaired) electrons. The Labute approximate surface area is 248 Å². The van der Waals surface area contributed by atoms with Crippen LogP contribution in [0.5, 0.6) is 5.75 Å². The van der Waals surface area contributed by atoms with Gasteiger partial charge in [-0.3, -0.25) is 4.79 Å². The normalized spacial score (nSPS) is 16.1. The summed E-state index contributed by atoms with van der Waals surface area (Å²) in [5, 5.41) is 6.41. The van der Waals surface area contributed by atoms with E-state index in [9.17, 15) is 9.59 Å². The third-order valence-corrected chi connectivity index (χ3v) is 7.29. The van der Waals surface area contributed by atoms with Crippen molar-refractivity contribution in [2.24, 2.45) is 5.73 Å². The first kappa shape index (κ1) is 30.6. The second kappa shape index (κ2) is 15.0. The molecule has 7 nitrogen and oxygen atoms in total. The van der Waals surface area contributed by atoms with Crippen LogP contribution < -0.4 is 21.1 Å². The molecule has 1 saturated carbocycles. The summed E-state index contributed by atoms with van der Waals surface area (Å²) in [6.07, 6.45) is 3.47. The third kappa shape index (κ3) is 7.89. The van der Waals surface area contributed by atoms with Crippen LogP contribution in [0, 0.1) is 0 Å². The summed E-state index contributed by atoms with van der Waals surface area (Å²) in [7, 11) is 1.50. The van der Waals surface area contributed by atoms with E-state index in [2.05, 4.69) is 28.5 Å². The van der Waals surface area contributed by atoms with Crippen molar-refractivity contribution >= 4 is 11.9 Å². The lowest BCUT2D eigenvalue weighted by atomic mass is 9.79. The van der Waals surface area contributed by atoms with Gasteiger partial charge in [0.1, 0.15) is 12.4 Å². The maximum absolute atomic E-state index is 13.7. The molecule has 1 amide bonds. The van der Waals surface area contributed by atoms with Crippen molar-refractivity contribution in [3.63, 3.8) is 0 Å². The highest BCUT2D eigenvalue weighted by atomic mass is 16.5. The molecular formula is C35H41N3O4. The van der Waals surface area contributed by atoms with Crippen LogP contribution in [0.4, 0.5) is 0 Å². The second-order valence-electron chi connectivity index (χ2n) is 10.4. The minimum Gasteiger partial charge on any atom is -0.489 e. The number of aryl methyl sites for hydroxylation is 1. The number of amides is 1. The van der Waals surface area contributed by atoms with Crippen LogP contribution in [0.1, 0.15) is 55.7 Å². The van der Waals surface area contributed by atoms with E-state index in [0.29, 0.717) is 35.6 Å². The van der Waals surface area contributed by atoms with Crippen LogP contribution in [-0.4, -0.2) is 31.6 Å². The number of benzene rings is 3. The first-order valence-corrected chi connectivity index (χ1v) is 14.5. The van der Waals surface area contributed by atoms with Gasteiger partial charge >= 0.3 is 5.97 Å². The van der Waals surface area contributed by atoms with E-state index in [0.717, 1.165) is 36.1 Å². The average molecular weight is 568 g/mol. The summed E-state index contributed by atoms with van der Waals surface area (Å²) in [6.45, 7) is 4.40. The first-order valence-electron chi connectivity index (χ1n) is 14.5. The lowest BCUT2D eigenvalue weighted by Gasteiger charge is -2.32. The summed E-state index contributed by atoms with van der Waals surface area (Å²) >= 11 is 0. The number of ether oxygens (including phenoxy) is 2. The van der Waals surface area contributed by atoms with Gasteiger partial charge in [-0.15, -0.1) is 0 Å². The van der Waals surface area contributed by atoms with Crippen LogP contribution in [0.2, 0.25) is 0 Å². The number of carbonyl (C=O) groups is 2. The van der Waals surface area contributed by atoms with Crippen LogP contribution in [0.3, 0.4) is 0 Å². The lowest BCUT2D eigenvalue weighted by Crippen LogP contribution is -2.37. The fraction of sp³-hybridized carbons (Fsp3) is 0.314. The zero-order valence-electron chi connectivity index (χ0n) is 24.7. The number of hydrogen-bond donors (Lipinski definition) is 3. The number of dihydropyridines is 1. The fourth-order valence-electron chi connectivity index (χ4n) is 5.12. The van der Waals surface area contributed by atoms with Crippen LogP contribution >= 0.6 is 0 Å². The van der Waals surface area contributed by atoms with Gasteiger partial charge in [0, 0.05) is 28.6 Å². The topological polar surface area (TPSA) is 103 Å². The van der Waals surface area contributed by atoms with Crippen molar-refractivity contribution in [1.82, 2.24) is 10.6 Å². The lowest BCUT2D eigenvalue weighted by molar-refractivity contribution is -0.139. The average Bonchev–Trinajstić information content (AvgIpc) is 3.84. The third-order valence-electron chi connectivity index (χ3n) is 7.29. The number of hydrogen-bond acceptors (Lipinski definition) is 6. The maximum atomic E-state index is 13.7. The molecule has 1 heterocycles. The van der Waals surface area contributed by atoms with Crippen molar-refractivity contribution < 1.29 is 19.1 Å². The Bertz CT molecular complexity index is 1410. The Morgan fingerprint density at radius 2 is 1.43 bits per heavy atom. The Kier molecular flexibility index (Phi) is 11.0. The van der Waals surface area contributed by atoms with E-state index in [1.165, 1.54) is 12.6 Å². The van der Waals surface area contributed by atoms with Gasteiger partial charge in [-0.1, -0.05) is 78.9 Å². The highest BCUT2D eigenvalue weighted by molar-refractivity contribution is 6.02. The minimum absolute atomic E-state index is 0.169. The van der Waals surface area contributed by atoms with Crippen molar-refractivity contribution in [2.45, 2.75) is 58.1 Å². The summed E-state index contributed by atoms with van der Waals surface area (Å²) in [5.41, 5.74) is 9.84. The molecule has 3 aromatic rings. The van der Waals surface area contributed by atoms with Gasteiger partial charge in [-0.05, 0) is 63.8 Å². The van der Waals surface area contributed by atoms with E-state index >= 15 is 0 Å². The van der Waals surface area contributed by atoms with Gasteiger partial charge in [0.2, 0.25) is 5.91 Å². The van der Waals surface area contributed by atoms with E-state index in [4.69, 9.17) is 9.47 Å². The van der Waals surface area contributed by atoms with Gasteiger partial charge < -0.3 is 25.8 Å². The Hall–Kier alpha value is -4.36. The van der Waals surface area contributed by atoms with Crippen molar-refractivity contribution in [2.75, 3.05) is 13.7 Å². The van der Waals surface area contributed by atoms with Gasteiger partial charge in [-0.25, -0.2) is 4.79 Å². The summed E-state index contributed by atoms with van der Waals surface area (Å²) in [4.78, 5) is 27.3. The smallest absolute Gasteiger partial charge is 0.336 e. The molecule has 3 aromatic carbocycles. The molecule has 0 saturated heterocycles. The Balaban J connectivity index is 0.00000198. The van der Waals surface area contributed by atoms with Crippen molar-refractivity contribution in [3.05, 3.63) is 124 Å². The number of allylic oxidation sites excluding steroid dienone is 2. The number of para-hydroxylation sites is 1. The Morgan fingerprint density at radius 1 is 0.833 bits per heavy atom. The molecule has 5 rings (SSSR count). The first-order chi connectivity index (χ1) is 20.5. The summed E-state index contributed by atoms with van der Waals surface area (Å²) < 4.78 is 12.1. The molecule has 220 valence electrons. The molecule has 2 aliphatic rings. The van der Waals surface area contributed by atoms with Crippen molar-refractivity contribution in [3.8, 4) is 5.75 Å². The highest BCUT2D eigenvalue weighted by Gasteiger charge is 2.39. The molecule has 1 aliphatic carbocycles. The molecule has 1 aliphatic heterocycles. The molecule has 0 bridgehead atoms. The largest absolute Gasteiger partial charge is 0.489 e. The molecule has 42 heavy (non-hydrogen) atoms. The Morgan fingerprint density at radius 3 is 2.10 bits per heavy atom. The molecule has 1 fully saturated rings. The van der Waals surface area contributed by atoms with E-state index in [1.807, 2.05) is 86.6 Å². The predicted octanol–water partition coefficient (Wildman–Crippen LogP) is 5.53. The van der Waals surface area contributed by atoms with Gasteiger partial charge in [-0.2, -0.15) is 0 Å². The molecule has 1 unspecified atom stereocenters.